The molecule has 0 unspecified atom stereocenters. The number of nitrogens with one attached hydrogen (secondary N) is 1. The van der Waals surface area contributed by atoms with E-state index in [9.17, 15) is 9.59 Å². The molecule has 1 aromatic heterocycles. The first kappa shape index (κ1) is 15.6. The Hall–Kier alpha value is -2.25. The first-order valence-electron chi connectivity index (χ1n) is 6.64. The average Bonchev–Trinajstić information content (AvgIpc) is 2.55. The summed E-state index contributed by atoms with van der Waals surface area (Å²) in [5.41, 5.74) is 0.481. The molecule has 0 saturated carbocycles. The van der Waals surface area contributed by atoms with Crippen molar-refractivity contribution in [2.75, 3.05) is 7.11 Å². The van der Waals surface area contributed by atoms with E-state index in [1.54, 1.807) is 49.6 Å². The Morgan fingerprint density at radius 3 is 2.57 bits per heavy atom. The summed E-state index contributed by atoms with van der Waals surface area (Å²) in [5, 5.41) is 0.384. The highest BCUT2D eigenvalue weighted by Gasteiger charge is 2.15. The molecule has 2 aromatic carbocycles. The first-order valence-corrected chi connectivity index (χ1v) is 7.85. The number of nitrogens with zero attached hydrogens (tertiary/aromatic N) is 1. The second kappa shape index (κ2) is 6.10. The number of methoxy groups -OCH3 is 1. The van der Waals surface area contributed by atoms with E-state index in [1.807, 2.05) is 0 Å². The summed E-state index contributed by atoms with van der Waals surface area (Å²) >= 11 is 8.50. The fourth-order valence-corrected chi connectivity index (χ4v) is 2.87. The number of rotatable bonds is 2. The molecule has 3 aromatic rings. The van der Waals surface area contributed by atoms with Crippen LogP contribution in [0, 0.1) is 4.77 Å². The van der Waals surface area contributed by atoms with Crippen LogP contribution in [-0.2, 0) is 0 Å². The van der Waals surface area contributed by atoms with Crippen molar-refractivity contribution in [2.45, 2.75) is 0 Å². The Kier molecular flexibility index (Phi) is 4.14. The van der Waals surface area contributed by atoms with E-state index in [1.165, 1.54) is 0 Å². The summed E-state index contributed by atoms with van der Waals surface area (Å²) < 4.78 is 6.83. The lowest BCUT2D eigenvalue weighted by atomic mass is 10.2. The maximum atomic E-state index is 12.6. The number of benzene rings is 2. The molecule has 3 rings (SSSR count). The van der Waals surface area contributed by atoms with Crippen LogP contribution >= 0.6 is 28.1 Å². The zero-order chi connectivity index (χ0) is 16.6. The van der Waals surface area contributed by atoms with Gasteiger partial charge in [0, 0.05) is 10.0 Å². The van der Waals surface area contributed by atoms with Crippen molar-refractivity contribution in [3.8, 4) is 5.75 Å². The topological polar surface area (TPSA) is 64.1 Å². The van der Waals surface area contributed by atoms with Crippen LogP contribution in [0.3, 0.4) is 0 Å². The van der Waals surface area contributed by atoms with Crippen LogP contribution < -0.4 is 10.3 Å². The second-order valence-electron chi connectivity index (χ2n) is 4.79. The van der Waals surface area contributed by atoms with E-state index < -0.39 is 11.5 Å². The van der Waals surface area contributed by atoms with Gasteiger partial charge in [-0.1, -0.05) is 15.9 Å². The third-order valence-electron chi connectivity index (χ3n) is 3.40. The minimum Gasteiger partial charge on any atom is -0.497 e. The fraction of sp³-hybridized carbons (Fsp3) is 0.0625. The van der Waals surface area contributed by atoms with E-state index in [2.05, 4.69) is 20.9 Å². The maximum absolute atomic E-state index is 12.6. The van der Waals surface area contributed by atoms with Gasteiger partial charge in [-0.05, 0) is 54.7 Å². The van der Waals surface area contributed by atoms with Crippen LogP contribution in [0.25, 0.3) is 10.9 Å². The molecular formula is C16H11BrN2O3S. The predicted octanol–water partition coefficient (Wildman–Crippen LogP) is 3.52. The molecular weight excluding hydrogens is 380 g/mol. The molecule has 0 aliphatic heterocycles. The van der Waals surface area contributed by atoms with E-state index in [0.717, 1.165) is 9.04 Å². The number of hydrogen-bond donors (Lipinski definition) is 1. The van der Waals surface area contributed by atoms with Crippen molar-refractivity contribution in [1.29, 1.82) is 0 Å². The van der Waals surface area contributed by atoms with Crippen LogP contribution in [0.1, 0.15) is 10.4 Å². The van der Waals surface area contributed by atoms with Gasteiger partial charge >= 0.3 is 0 Å². The average molecular weight is 391 g/mol. The second-order valence-corrected chi connectivity index (χ2v) is 6.10. The van der Waals surface area contributed by atoms with Crippen LogP contribution in [0.4, 0.5) is 0 Å². The van der Waals surface area contributed by atoms with Gasteiger partial charge in [0.2, 0.25) is 0 Å². The van der Waals surface area contributed by atoms with Gasteiger partial charge in [-0.3, -0.25) is 9.59 Å². The number of ether oxygens (including phenoxy) is 1. The molecule has 0 amide bonds. The van der Waals surface area contributed by atoms with Crippen molar-refractivity contribution in [3.63, 3.8) is 0 Å². The van der Waals surface area contributed by atoms with Gasteiger partial charge in [-0.2, -0.15) is 0 Å². The third-order valence-corrected chi connectivity index (χ3v) is 4.18. The van der Waals surface area contributed by atoms with E-state index in [0.29, 0.717) is 22.2 Å². The lowest BCUT2D eigenvalue weighted by Gasteiger charge is -2.08. The number of aromatic nitrogens is 2. The minimum atomic E-state index is -0.485. The molecule has 0 radical (unpaired) electrons. The lowest BCUT2D eigenvalue weighted by Crippen LogP contribution is -2.29. The Morgan fingerprint density at radius 2 is 1.91 bits per heavy atom. The highest BCUT2D eigenvalue weighted by Crippen LogP contribution is 2.16. The summed E-state index contributed by atoms with van der Waals surface area (Å²) in [6.07, 6.45) is 0. The molecule has 0 spiro atoms. The standard InChI is InChI=1S/C16H11BrN2O3S/c1-22-11-5-2-9(3-6-11)14(20)19-15(21)12-8-10(17)4-7-13(12)18-16(19)23/h2-8H,1H3,(H,18,23). The number of carbonyl (C=O) groups is 1. The SMILES string of the molecule is COc1ccc(C(=O)n2c(=S)[nH]c3ccc(Br)cc3c2=O)cc1. The summed E-state index contributed by atoms with van der Waals surface area (Å²) in [6, 6.07) is 11.7. The maximum Gasteiger partial charge on any atom is 0.269 e. The molecule has 116 valence electrons. The third kappa shape index (κ3) is 2.85. The summed E-state index contributed by atoms with van der Waals surface area (Å²) in [6.45, 7) is 0. The van der Waals surface area contributed by atoms with Gasteiger partial charge in [-0.25, -0.2) is 4.57 Å². The molecule has 0 atom stereocenters. The number of carbonyl (C=O) groups excluding carboxylic acids is 1. The molecule has 0 bridgehead atoms. The molecule has 5 nitrogen and oxygen atoms in total. The van der Waals surface area contributed by atoms with Gasteiger partial charge in [0.1, 0.15) is 5.75 Å². The Morgan fingerprint density at radius 1 is 1.22 bits per heavy atom. The number of aromatic amines is 1. The summed E-state index contributed by atoms with van der Waals surface area (Å²) in [7, 11) is 1.54. The van der Waals surface area contributed by atoms with Crippen molar-refractivity contribution < 1.29 is 9.53 Å². The highest BCUT2D eigenvalue weighted by atomic mass is 79.9. The van der Waals surface area contributed by atoms with E-state index in [-0.39, 0.29) is 4.77 Å². The molecule has 0 aliphatic carbocycles. The van der Waals surface area contributed by atoms with Crippen LogP contribution in [0.2, 0.25) is 0 Å². The van der Waals surface area contributed by atoms with Crippen LogP contribution in [-0.4, -0.2) is 22.6 Å². The molecule has 0 fully saturated rings. The van der Waals surface area contributed by atoms with Gasteiger partial charge in [0.05, 0.1) is 18.0 Å². The molecule has 0 saturated heterocycles. The molecule has 1 N–H and O–H groups in total. The first-order chi connectivity index (χ1) is 11.0. The van der Waals surface area contributed by atoms with Crippen LogP contribution in [0.15, 0.2) is 51.7 Å². The monoisotopic (exact) mass is 390 g/mol. The fourth-order valence-electron chi connectivity index (χ4n) is 2.23. The normalized spacial score (nSPS) is 10.7. The zero-order valence-electron chi connectivity index (χ0n) is 12.0. The molecule has 0 aliphatic rings. The number of H-pyrrole nitrogens is 1. The Bertz CT molecular complexity index is 1020. The van der Waals surface area contributed by atoms with E-state index in [4.69, 9.17) is 17.0 Å². The summed E-state index contributed by atoms with van der Waals surface area (Å²) in [4.78, 5) is 28.2. The zero-order valence-corrected chi connectivity index (χ0v) is 14.4. The summed E-state index contributed by atoms with van der Waals surface area (Å²) in [5.74, 6) is 0.141. The van der Waals surface area contributed by atoms with Gasteiger partial charge in [-0.15, -0.1) is 0 Å². The van der Waals surface area contributed by atoms with Gasteiger partial charge in [0.15, 0.2) is 4.77 Å². The van der Waals surface area contributed by atoms with Crippen molar-refractivity contribution >= 4 is 45.0 Å². The quantitative estimate of drug-likeness (QED) is 0.679. The van der Waals surface area contributed by atoms with Gasteiger partial charge in [0.25, 0.3) is 11.5 Å². The van der Waals surface area contributed by atoms with Crippen molar-refractivity contribution in [2.24, 2.45) is 0 Å². The molecule has 23 heavy (non-hydrogen) atoms. The molecule has 7 heteroatoms. The largest absolute Gasteiger partial charge is 0.497 e. The van der Waals surface area contributed by atoms with Crippen molar-refractivity contribution in [1.82, 2.24) is 9.55 Å². The highest BCUT2D eigenvalue weighted by molar-refractivity contribution is 9.10. The Labute approximate surface area is 144 Å². The van der Waals surface area contributed by atoms with Crippen molar-refractivity contribution in [3.05, 3.63) is 67.6 Å². The number of hydrogen-bond acceptors (Lipinski definition) is 4. The minimum absolute atomic E-state index is 0.0608. The lowest BCUT2D eigenvalue weighted by molar-refractivity contribution is 0.0953. The predicted molar refractivity (Wildman–Crippen MR) is 93.8 cm³/mol. The smallest absolute Gasteiger partial charge is 0.269 e. The van der Waals surface area contributed by atoms with Gasteiger partial charge < -0.3 is 9.72 Å². The molecule has 1 heterocycles. The van der Waals surface area contributed by atoms with E-state index >= 15 is 0 Å². The Balaban J connectivity index is 2.20. The number of halogens is 1. The van der Waals surface area contributed by atoms with Crippen LogP contribution in [0.5, 0.6) is 5.75 Å². The number of fused-ring (bicyclic) bond motifs is 1.